The van der Waals surface area contributed by atoms with Crippen molar-refractivity contribution in [2.75, 3.05) is 20.3 Å². The summed E-state index contributed by atoms with van der Waals surface area (Å²) in [7, 11) is 1.58. The molecule has 1 aromatic heterocycles. The fourth-order valence-corrected chi connectivity index (χ4v) is 3.34. The van der Waals surface area contributed by atoms with Gasteiger partial charge in [0.25, 0.3) is 11.5 Å². The van der Waals surface area contributed by atoms with E-state index in [1.807, 2.05) is 43.3 Å². The number of hydrogen-bond donors (Lipinski definition) is 1. The predicted octanol–water partition coefficient (Wildman–Crippen LogP) is 2.64. The van der Waals surface area contributed by atoms with E-state index in [0.717, 1.165) is 25.9 Å². The molecule has 0 saturated carbocycles. The van der Waals surface area contributed by atoms with Crippen LogP contribution in [0.15, 0.2) is 58.1 Å². The van der Waals surface area contributed by atoms with Gasteiger partial charge in [0, 0.05) is 20.3 Å². The molecule has 1 heterocycles. The largest absolute Gasteiger partial charge is 0.385 e. The van der Waals surface area contributed by atoms with Gasteiger partial charge in [-0.3, -0.25) is 14.2 Å². The maximum atomic E-state index is 13.3. The molecule has 0 aliphatic rings. The smallest absolute Gasteiger partial charge is 0.352 e. The molecule has 0 saturated heterocycles. The van der Waals surface area contributed by atoms with Crippen LogP contribution in [0.4, 0.5) is 0 Å². The van der Waals surface area contributed by atoms with Crippen LogP contribution in [0.25, 0.3) is 5.69 Å². The zero-order valence-corrected chi connectivity index (χ0v) is 19.5. The van der Waals surface area contributed by atoms with Crippen molar-refractivity contribution in [2.45, 2.75) is 39.7 Å². The van der Waals surface area contributed by atoms with Gasteiger partial charge in [-0.15, -0.1) is 0 Å². The molecule has 3 rings (SSSR count). The molecule has 33 heavy (non-hydrogen) atoms. The highest BCUT2D eigenvalue weighted by molar-refractivity contribution is 5.91. The molecule has 1 N–H and O–H groups in total. The Morgan fingerprint density at radius 1 is 1.06 bits per heavy atom. The van der Waals surface area contributed by atoms with E-state index in [4.69, 9.17) is 4.74 Å². The maximum absolute atomic E-state index is 13.3. The lowest BCUT2D eigenvalue weighted by Gasteiger charge is -2.13. The topological polar surface area (TPSA) is 95.2 Å². The first-order chi connectivity index (χ1) is 15.8. The molecule has 0 fully saturated rings. The van der Waals surface area contributed by atoms with Crippen LogP contribution < -0.4 is 16.6 Å². The number of methoxy groups -OCH3 is 1. The highest BCUT2D eigenvalue weighted by Gasteiger charge is 2.20. The Kier molecular flexibility index (Phi) is 7.95. The first kappa shape index (κ1) is 24.1. The van der Waals surface area contributed by atoms with Crippen LogP contribution in [-0.4, -0.2) is 40.5 Å². The third-order valence-corrected chi connectivity index (χ3v) is 5.35. The Morgan fingerprint density at radius 3 is 2.33 bits per heavy atom. The third kappa shape index (κ3) is 5.84. The van der Waals surface area contributed by atoms with Gasteiger partial charge in [0.15, 0.2) is 0 Å². The van der Waals surface area contributed by atoms with E-state index in [2.05, 4.69) is 24.3 Å². The van der Waals surface area contributed by atoms with E-state index in [1.54, 1.807) is 19.2 Å². The van der Waals surface area contributed by atoms with Gasteiger partial charge in [-0.2, -0.15) is 9.78 Å². The molecule has 3 aromatic rings. The summed E-state index contributed by atoms with van der Waals surface area (Å²) < 4.78 is 7.16. The van der Waals surface area contributed by atoms with Crippen LogP contribution >= 0.6 is 0 Å². The van der Waals surface area contributed by atoms with Gasteiger partial charge in [0.05, 0.1) is 12.2 Å². The maximum Gasteiger partial charge on any atom is 0.352 e. The average Bonchev–Trinajstić information content (AvgIpc) is 2.81. The molecule has 0 atom stereocenters. The van der Waals surface area contributed by atoms with E-state index in [1.165, 1.54) is 0 Å². The van der Waals surface area contributed by atoms with Crippen molar-refractivity contribution < 1.29 is 9.53 Å². The lowest BCUT2D eigenvalue weighted by Crippen LogP contribution is -2.46. The fourth-order valence-electron chi connectivity index (χ4n) is 3.34. The molecular formula is C25H30N4O4. The first-order valence-corrected chi connectivity index (χ1v) is 11.0. The minimum atomic E-state index is -0.722. The number of nitrogens with zero attached hydrogens (tertiary/aromatic N) is 3. The fraction of sp³-hybridized carbons (Fsp3) is 0.360. The molecule has 8 nitrogen and oxygen atoms in total. The van der Waals surface area contributed by atoms with Crippen molar-refractivity contribution >= 4 is 5.91 Å². The number of benzene rings is 2. The summed E-state index contributed by atoms with van der Waals surface area (Å²) in [5.41, 5.74) is 1.78. The molecule has 0 radical (unpaired) electrons. The Bertz CT molecular complexity index is 1210. The number of carbonyl (C=O) groups excluding carboxylic acids is 1. The second kappa shape index (κ2) is 10.9. The van der Waals surface area contributed by atoms with Crippen molar-refractivity contribution in [3.63, 3.8) is 0 Å². The van der Waals surface area contributed by atoms with Gasteiger partial charge in [-0.1, -0.05) is 55.8 Å². The van der Waals surface area contributed by atoms with Crippen LogP contribution in [-0.2, 0) is 11.3 Å². The van der Waals surface area contributed by atoms with E-state index >= 15 is 0 Å². The number of rotatable bonds is 9. The molecular weight excluding hydrogens is 420 g/mol. The van der Waals surface area contributed by atoms with Gasteiger partial charge in [-0.05, 0) is 42.5 Å². The Labute approximate surface area is 192 Å². The second-order valence-corrected chi connectivity index (χ2v) is 8.27. The lowest BCUT2D eigenvalue weighted by molar-refractivity contribution is 0.0938. The van der Waals surface area contributed by atoms with Crippen LogP contribution in [0.1, 0.15) is 53.4 Å². The summed E-state index contributed by atoms with van der Waals surface area (Å²) in [5, 5.41) is 6.84. The van der Waals surface area contributed by atoms with E-state index in [0.29, 0.717) is 31.2 Å². The summed E-state index contributed by atoms with van der Waals surface area (Å²) >= 11 is 0. The average molecular weight is 451 g/mol. The quantitative estimate of drug-likeness (QED) is 0.506. The number of amides is 1. The van der Waals surface area contributed by atoms with Crippen LogP contribution in [0, 0.1) is 6.92 Å². The van der Waals surface area contributed by atoms with Gasteiger partial charge < -0.3 is 10.1 Å². The van der Waals surface area contributed by atoms with Gasteiger partial charge in [0.2, 0.25) is 5.69 Å². The molecule has 0 aliphatic carbocycles. The number of aryl methyl sites for hydroxylation is 1. The molecule has 174 valence electrons. The molecule has 0 unspecified atom stereocenters. The van der Waals surface area contributed by atoms with Crippen molar-refractivity contribution in [1.82, 2.24) is 19.7 Å². The molecule has 0 aliphatic heterocycles. The van der Waals surface area contributed by atoms with E-state index in [9.17, 15) is 14.4 Å². The van der Waals surface area contributed by atoms with Crippen LogP contribution in [0.2, 0.25) is 0 Å². The molecule has 2 aromatic carbocycles. The number of ether oxygens (including phenoxy) is 1. The number of aromatic nitrogens is 3. The van der Waals surface area contributed by atoms with Crippen LogP contribution in [0.5, 0.6) is 0 Å². The second-order valence-electron chi connectivity index (χ2n) is 8.27. The molecule has 0 bridgehead atoms. The monoisotopic (exact) mass is 450 g/mol. The summed E-state index contributed by atoms with van der Waals surface area (Å²) in [6.45, 7) is 6.96. The lowest BCUT2D eigenvalue weighted by atomic mass is 10.0. The Morgan fingerprint density at radius 2 is 1.73 bits per heavy atom. The molecule has 8 heteroatoms. The Balaban J connectivity index is 2.07. The third-order valence-electron chi connectivity index (χ3n) is 5.35. The minimum absolute atomic E-state index is 0.0362. The van der Waals surface area contributed by atoms with E-state index < -0.39 is 17.2 Å². The number of hydrogen-bond acceptors (Lipinski definition) is 5. The van der Waals surface area contributed by atoms with Gasteiger partial charge >= 0.3 is 5.69 Å². The highest BCUT2D eigenvalue weighted by Crippen LogP contribution is 2.15. The summed E-state index contributed by atoms with van der Waals surface area (Å²) in [6, 6.07) is 14.9. The van der Waals surface area contributed by atoms with E-state index in [-0.39, 0.29) is 12.2 Å². The summed E-state index contributed by atoms with van der Waals surface area (Å²) in [4.78, 5) is 39.2. The minimum Gasteiger partial charge on any atom is -0.385 e. The van der Waals surface area contributed by atoms with Gasteiger partial charge in [0.1, 0.15) is 0 Å². The van der Waals surface area contributed by atoms with Crippen molar-refractivity contribution in [3.8, 4) is 5.69 Å². The Hall–Kier alpha value is -3.52. The zero-order valence-electron chi connectivity index (χ0n) is 19.5. The molecule has 0 spiro atoms. The normalized spacial score (nSPS) is 11.1. The highest BCUT2D eigenvalue weighted by atomic mass is 16.5. The number of nitrogens with one attached hydrogen (secondary N) is 1. The van der Waals surface area contributed by atoms with Crippen molar-refractivity contribution in [2.24, 2.45) is 0 Å². The van der Waals surface area contributed by atoms with Crippen molar-refractivity contribution in [1.29, 1.82) is 0 Å². The first-order valence-electron chi connectivity index (χ1n) is 11.0. The standard InChI is InChI=1S/C25H30N4O4/c1-17(2)20-10-12-21(13-11-20)29-25(32)28(16-19-8-6-18(3)7-9-19)24(31)22(27-29)23(30)26-14-5-15-33-4/h6-13,17H,5,14-16H2,1-4H3,(H,26,30). The predicted molar refractivity (Wildman–Crippen MR) is 127 cm³/mol. The summed E-state index contributed by atoms with van der Waals surface area (Å²) in [5.74, 6) is -0.297. The zero-order chi connectivity index (χ0) is 24.0. The van der Waals surface area contributed by atoms with Crippen molar-refractivity contribution in [3.05, 3.63) is 91.8 Å². The van der Waals surface area contributed by atoms with Crippen LogP contribution in [0.3, 0.4) is 0 Å². The number of carbonyl (C=O) groups is 1. The SMILES string of the molecule is COCCCNC(=O)c1nn(-c2ccc(C(C)C)cc2)c(=O)n(Cc2ccc(C)cc2)c1=O. The van der Waals surface area contributed by atoms with Gasteiger partial charge in [-0.25, -0.2) is 4.79 Å². The molecule has 1 amide bonds. The summed E-state index contributed by atoms with van der Waals surface area (Å²) in [6.07, 6.45) is 0.593.